The maximum Gasteiger partial charge on any atom is 0.241 e. The highest BCUT2D eigenvalue weighted by Crippen LogP contribution is 2.30. The molecule has 28 heavy (non-hydrogen) atoms. The number of carbonyl (C=O) groups excluding carboxylic acids is 1. The Bertz CT molecular complexity index is 940. The van der Waals surface area contributed by atoms with Gasteiger partial charge in [-0.05, 0) is 48.9 Å². The first kappa shape index (κ1) is 22.5. The summed E-state index contributed by atoms with van der Waals surface area (Å²) in [6.07, 6.45) is 2.52. The molecular weight excluding hydrogens is 392 g/mol. The van der Waals surface area contributed by atoms with Crippen molar-refractivity contribution in [2.24, 2.45) is 5.92 Å². The summed E-state index contributed by atoms with van der Waals surface area (Å²) in [5.74, 6) is -0.345. The van der Waals surface area contributed by atoms with Crippen LogP contribution in [-0.2, 0) is 14.8 Å². The molecule has 2 aromatic carbocycles. The highest BCUT2D eigenvalue weighted by molar-refractivity contribution is 7.98. The van der Waals surface area contributed by atoms with Crippen LogP contribution in [0.15, 0.2) is 52.3 Å². The van der Waals surface area contributed by atoms with E-state index in [9.17, 15) is 13.2 Å². The fraction of sp³-hybridized carbons (Fsp3) is 0.381. The van der Waals surface area contributed by atoms with Crippen molar-refractivity contribution >= 4 is 33.4 Å². The Morgan fingerprint density at radius 1 is 1.14 bits per heavy atom. The van der Waals surface area contributed by atoms with Crippen LogP contribution >= 0.6 is 11.8 Å². The van der Waals surface area contributed by atoms with Gasteiger partial charge in [0.25, 0.3) is 0 Å². The molecule has 0 heterocycles. The molecule has 5 nitrogen and oxygen atoms in total. The lowest BCUT2D eigenvalue weighted by atomic mass is 10.0. The third-order valence-electron chi connectivity index (χ3n) is 4.53. The Morgan fingerprint density at radius 2 is 1.82 bits per heavy atom. The molecule has 1 atom stereocenters. The molecule has 0 aliphatic carbocycles. The fourth-order valence-corrected chi connectivity index (χ4v) is 4.69. The Morgan fingerprint density at radius 3 is 2.39 bits per heavy atom. The second-order valence-corrected chi connectivity index (χ2v) is 9.51. The van der Waals surface area contributed by atoms with Crippen LogP contribution in [0.2, 0.25) is 0 Å². The van der Waals surface area contributed by atoms with Crippen LogP contribution in [0.25, 0.3) is 0 Å². The van der Waals surface area contributed by atoms with E-state index in [2.05, 4.69) is 10.0 Å². The number of carbonyl (C=O) groups is 1. The third-order valence-corrected chi connectivity index (χ3v) is 6.80. The number of benzene rings is 2. The van der Waals surface area contributed by atoms with E-state index in [0.29, 0.717) is 12.1 Å². The molecule has 2 aromatic rings. The lowest BCUT2D eigenvalue weighted by Crippen LogP contribution is -2.29. The van der Waals surface area contributed by atoms with Gasteiger partial charge in [-0.3, -0.25) is 4.79 Å². The number of sulfonamides is 1. The van der Waals surface area contributed by atoms with E-state index in [4.69, 9.17) is 0 Å². The van der Waals surface area contributed by atoms with Crippen molar-refractivity contribution in [3.05, 3.63) is 53.6 Å². The van der Waals surface area contributed by atoms with Gasteiger partial charge in [0.15, 0.2) is 0 Å². The van der Waals surface area contributed by atoms with E-state index in [1.165, 1.54) is 17.8 Å². The molecule has 7 heteroatoms. The van der Waals surface area contributed by atoms with Crippen molar-refractivity contribution in [1.82, 2.24) is 4.72 Å². The summed E-state index contributed by atoms with van der Waals surface area (Å²) in [5.41, 5.74) is 2.51. The molecule has 152 valence electrons. The van der Waals surface area contributed by atoms with Gasteiger partial charge in [-0.25, -0.2) is 13.1 Å². The first-order valence-electron chi connectivity index (χ1n) is 9.26. The number of rotatable bonds is 8. The maximum atomic E-state index is 13.0. The molecule has 0 aliphatic heterocycles. The van der Waals surface area contributed by atoms with E-state index in [-0.39, 0.29) is 22.8 Å². The highest BCUT2D eigenvalue weighted by atomic mass is 32.2. The number of hydrogen-bond acceptors (Lipinski definition) is 4. The molecule has 0 saturated heterocycles. The largest absolute Gasteiger partial charge is 0.325 e. The molecule has 0 fully saturated rings. The zero-order valence-corrected chi connectivity index (χ0v) is 18.6. The van der Waals surface area contributed by atoms with Crippen LogP contribution in [0.5, 0.6) is 0 Å². The van der Waals surface area contributed by atoms with Gasteiger partial charge in [0.1, 0.15) is 0 Å². The van der Waals surface area contributed by atoms with E-state index in [1.54, 1.807) is 26.0 Å². The average Bonchev–Trinajstić information content (AvgIpc) is 2.66. The number of thioether (sulfide) groups is 1. The van der Waals surface area contributed by atoms with E-state index < -0.39 is 10.0 Å². The summed E-state index contributed by atoms with van der Waals surface area (Å²) in [6, 6.07) is 12.3. The van der Waals surface area contributed by atoms with Crippen molar-refractivity contribution in [3.63, 3.8) is 0 Å². The van der Waals surface area contributed by atoms with E-state index in [1.807, 2.05) is 44.4 Å². The quantitative estimate of drug-likeness (QED) is 0.605. The van der Waals surface area contributed by atoms with Gasteiger partial charge in [0.05, 0.1) is 10.6 Å². The SMILES string of the molecule is CC[C@H](NS(=O)(=O)c1ccc(SC)c(NC(=O)C(C)C)c1)c1ccccc1C. The minimum absolute atomic E-state index is 0.136. The predicted molar refractivity (Wildman–Crippen MR) is 116 cm³/mol. The van der Waals surface area contributed by atoms with Crippen molar-refractivity contribution in [2.45, 2.75) is 49.9 Å². The summed E-state index contributed by atoms with van der Waals surface area (Å²) >= 11 is 1.46. The van der Waals surface area contributed by atoms with Gasteiger partial charge >= 0.3 is 0 Å². The summed E-state index contributed by atoms with van der Waals surface area (Å²) in [5, 5.41) is 2.83. The van der Waals surface area contributed by atoms with Gasteiger partial charge in [0.2, 0.25) is 15.9 Å². The molecule has 0 unspecified atom stereocenters. The Balaban J connectivity index is 2.36. The maximum absolute atomic E-state index is 13.0. The molecule has 0 radical (unpaired) electrons. The minimum atomic E-state index is -3.75. The Labute approximate surface area is 172 Å². The normalized spacial score (nSPS) is 12.8. The molecule has 2 rings (SSSR count). The Hall–Kier alpha value is -1.83. The van der Waals surface area contributed by atoms with Gasteiger partial charge in [-0.1, -0.05) is 45.0 Å². The topological polar surface area (TPSA) is 75.3 Å². The number of nitrogens with one attached hydrogen (secondary N) is 2. The molecular formula is C21H28N2O3S2. The zero-order chi connectivity index (χ0) is 20.9. The van der Waals surface area contributed by atoms with Crippen molar-refractivity contribution in [1.29, 1.82) is 0 Å². The van der Waals surface area contributed by atoms with Crippen LogP contribution in [-0.4, -0.2) is 20.6 Å². The monoisotopic (exact) mass is 420 g/mol. The van der Waals surface area contributed by atoms with E-state index in [0.717, 1.165) is 16.0 Å². The van der Waals surface area contributed by atoms with Crippen LogP contribution in [0.3, 0.4) is 0 Å². The van der Waals surface area contributed by atoms with Gasteiger partial charge in [-0.15, -0.1) is 11.8 Å². The molecule has 2 N–H and O–H groups in total. The standard InChI is InChI=1S/C21H28N2O3S2/c1-6-18(17-10-8-7-9-15(17)4)23-28(25,26)16-11-12-20(27-5)19(13-16)22-21(24)14(2)3/h7-14,18,23H,6H2,1-5H3,(H,22,24)/t18-/m0/s1. The Kier molecular flexibility index (Phi) is 7.69. The summed E-state index contributed by atoms with van der Waals surface area (Å²) < 4.78 is 28.9. The lowest BCUT2D eigenvalue weighted by molar-refractivity contribution is -0.118. The molecule has 0 aliphatic rings. The van der Waals surface area contributed by atoms with Crippen molar-refractivity contribution < 1.29 is 13.2 Å². The first-order chi connectivity index (χ1) is 13.2. The fourth-order valence-electron chi connectivity index (χ4n) is 2.83. The first-order valence-corrected chi connectivity index (χ1v) is 12.0. The second-order valence-electron chi connectivity index (χ2n) is 6.94. The molecule has 1 amide bonds. The summed E-state index contributed by atoms with van der Waals surface area (Å²) in [4.78, 5) is 13.1. The average molecular weight is 421 g/mol. The van der Waals surface area contributed by atoms with Gasteiger partial charge in [0, 0.05) is 16.9 Å². The lowest BCUT2D eigenvalue weighted by Gasteiger charge is -2.20. The third kappa shape index (κ3) is 5.37. The second kappa shape index (κ2) is 9.58. The number of aryl methyl sites for hydroxylation is 1. The smallest absolute Gasteiger partial charge is 0.241 e. The molecule has 0 saturated carbocycles. The van der Waals surface area contributed by atoms with Crippen LogP contribution in [0, 0.1) is 12.8 Å². The molecule has 0 aromatic heterocycles. The predicted octanol–water partition coefficient (Wildman–Crippen LogP) is 4.74. The minimum Gasteiger partial charge on any atom is -0.325 e. The van der Waals surface area contributed by atoms with Crippen LogP contribution in [0.1, 0.15) is 44.4 Å². The summed E-state index contributed by atoms with van der Waals surface area (Å²) in [7, 11) is -3.75. The number of anilines is 1. The van der Waals surface area contributed by atoms with E-state index >= 15 is 0 Å². The highest BCUT2D eigenvalue weighted by Gasteiger charge is 2.23. The molecule has 0 bridgehead atoms. The summed E-state index contributed by atoms with van der Waals surface area (Å²) in [6.45, 7) is 7.51. The zero-order valence-electron chi connectivity index (χ0n) is 16.9. The number of hydrogen-bond donors (Lipinski definition) is 2. The van der Waals surface area contributed by atoms with Gasteiger partial charge in [-0.2, -0.15) is 0 Å². The number of amides is 1. The molecule has 0 spiro atoms. The van der Waals surface area contributed by atoms with Crippen LogP contribution < -0.4 is 10.0 Å². The van der Waals surface area contributed by atoms with Crippen molar-refractivity contribution in [3.8, 4) is 0 Å². The van der Waals surface area contributed by atoms with Gasteiger partial charge < -0.3 is 5.32 Å². The van der Waals surface area contributed by atoms with Crippen LogP contribution in [0.4, 0.5) is 5.69 Å². The van der Waals surface area contributed by atoms with Crippen molar-refractivity contribution in [2.75, 3.05) is 11.6 Å².